The van der Waals surface area contributed by atoms with Gasteiger partial charge in [-0.3, -0.25) is 4.79 Å². The molecule has 1 atom stereocenters. The molecule has 0 fully saturated rings. The van der Waals surface area contributed by atoms with E-state index < -0.39 is 6.04 Å². The molecule has 1 aliphatic rings. The van der Waals surface area contributed by atoms with E-state index in [2.05, 4.69) is 0 Å². The highest BCUT2D eigenvalue weighted by Crippen LogP contribution is 2.18. The topological polar surface area (TPSA) is 46.3 Å². The molecule has 16 heavy (non-hydrogen) atoms. The highest BCUT2D eigenvalue weighted by molar-refractivity contribution is 5.90. The fraction of sp³-hybridized carbons (Fsp3) is 0.154. The highest BCUT2D eigenvalue weighted by atomic mass is 16.2. The molecule has 1 aromatic rings. The number of benzene rings is 1. The predicted molar refractivity (Wildman–Crippen MR) is 64.3 cm³/mol. The van der Waals surface area contributed by atoms with Crippen LogP contribution in [0.3, 0.4) is 0 Å². The van der Waals surface area contributed by atoms with Gasteiger partial charge in [0.2, 0.25) is 5.91 Å². The molecule has 2 rings (SSSR count). The lowest BCUT2D eigenvalue weighted by Crippen LogP contribution is -2.37. The minimum atomic E-state index is -0.574. The van der Waals surface area contributed by atoms with Crippen LogP contribution in [0.1, 0.15) is 5.56 Å². The SMILES string of the molecule is CN1C=CC(c2ccccc2)=C[C@@H](N)C1=O. The van der Waals surface area contributed by atoms with Gasteiger partial charge in [0.1, 0.15) is 6.04 Å². The van der Waals surface area contributed by atoms with Gasteiger partial charge in [-0.25, -0.2) is 0 Å². The molecule has 0 saturated carbocycles. The number of carbonyl (C=O) groups excluding carboxylic acids is 1. The van der Waals surface area contributed by atoms with Crippen LogP contribution in [0.5, 0.6) is 0 Å². The molecule has 82 valence electrons. The van der Waals surface area contributed by atoms with Crippen LogP contribution in [0.25, 0.3) is 5.57 Å². The number of nitrogens with zero attached hydrogens (tertiary/aromatic N) is 1. The number of rotatable bonds is 1. The third-order valence-electron chi connectivity index (χ3n) is 2.58. The monoisotopic (exact) mass is 214 g/mol. The van der Waals surface area contributed by atoms with Crippen molar-refractivity contribution in [3.05, 3.63) is 54.2 Å². The first-order valence-electron chi connectivity index (χ1n) is 5.16. The fourth-order valence-electron chi connectivity index (χ4n) is 1.64. The standard InChI is InChI=1S/C13H14N2O/c1-15-8-7-11(9-12(14)13(15)16)10-5-3-2-4-6-10/h2-9,12H,14H2,1H3/t12-/m1/s1. The summed E-state index contributed by atoms with van der Waals surface area (Å²) in [5, 5.41) is 0. The summed E-state index contributed by atoms with van der Waals surface area (Å²) < 4.78 is 0. The van der Waals surface area contributed by atoms with Gasteiger partial charge in [-0.1, -0.05) is 36.4 Å². The summed E-state index contributed by atoms with van der Waals surface area (Å²) in [6, 6.07) is 9.31. The van der Waals surface area contributed by atoms with Crippen molar-refractivity contribution in [2.75, 3.05) is 7.05 Å². The number of allylic oxidation sites excluding steroid dienone is 2. The van der Waals surface area contributed by atoms with Gasteiger partial charge in [0.25, 0.3) is 0 Å². The Morgan fingerprint density at radius 3 is 2.62 bits per heavy atom. The zero-order chi connectivity index (χ0) is 11.5. The van der Waals surface area contributed by atoms with Crippen LogP contribution in [0.2, 0.25) is 0 Å². The molecular formula is C13H14N2O. The van der Waals surface area contributed by atoms with E-state index in [-0.39, 0.29) is 5.91 Å². The van der Waals surface area contributed by atoms with Crippen molar-refractivity contribution in [2.24, 2.45) is 5.73 Å². The first-order chi connectivity index (χ1) is 7.68. The maximum absolute atomic E-state index is 11.6. The van der Waals surface area contributed by atoms with Gasteiger partial charge < -0.3 is 10.6 Å². The highest BCUT2D eigenvalue weighted by Gasteiger charge is 2.17. The van der Waals surface area contributed by atoms with E-state index in [0.717, 1.165) is 11.1 Å². The maximum atomic E-state index is 11.6. The van der Waals surface area contributed by atoms with E-state index in [1.165, 1.54) is 4.90 Å². The van der Waals surface area contributed by atoms with Gasteiger partial charge in [0.15, 0.2) is 0 Å². The van der Waals surface area contributed by atoms with Crippen LogP contribution >= 0.6 is 0 Å². The second-order valence-electron chi connectivity index (χ2n) is 3.78. The lowest BCUT2D eigenvalue weighted by atomic mass is 10.0. The molecule has 1 amide bonds. The summed E-state index contributed by atoms with van der Waals surface area (Å²) in [7, 11) is 1.71. The van der Waals surface area contributed by atoms with Crippen LogP contribution in [0, 0.1) is 0 Å². The first kappa shape index (κ1) is 10.6. The Hall–Kier alpha value is -1.87. The maximum Gasteiger partial charge on any atom is 0.247 e. The predicted octanol–water partition coefficient (Wildman–Crippen LogP) is 1.38. The third-order valence-corrected chi connectivity index (χ3v) is 2.58. The minimum absolute atomic E-state index is 0.0952. The van der Waals surface area contributed by atoms with Crippen LogP contribution in [0.4, 0.5) is 0 Å². The lowest BCUT2D eigenvalue weighted by Gasteiger charge is -2.12. The molecule has 0 unspecified atom stereocenters. The van der Waals surface area contributed by atoms with Gasteiger partial charge in [0.05, 0.1) is 0 Å². The van der Waals surface area contributed by atoms with Gasteiger partial charge >= 0.3 is 0 Å². The number of hydrogen-bond acceptors (Lipinski definition) is 2. The Balaban J connectivity index is 2.39. The molecule has 0 aromatic heterocycles. The van der Waals surface area contributed by atoms with E-state index in [1.54, 1.807) is 19.3 Å². The summed E-state index contributed by atoms with van der Waals surface area (Å²) >= 11 is 0. The lowest BCUT2D eigenvalue weighted by molar-refractivity contribution is -0.127. The van der Waals surface area contributed by atoms with Crippen LogP contribution in [-0.2, 0) is 4.79 Å². The van der Waals surface area contributed by atoms with Crippen LogP contribution < -0.4 is 5.73 Å². The fourth-order valence-corrected chi connectivity index (χ4v) is 1.64. The molecular weight excluding hydrogens is 200 g/mol. The number of amides is 1. The number of likely N-dealkylation sites (N-methyl/N-ethyl adjacent to an activating group) is 1. The number of nitrogens with two attached hydrogens (primary N) is 1. The second kappa shape index (κ2) is 4.33. The zero-order valence-electron chi connectivity index (χ0n) is 9.13. The minimum Gasteiger partial charge on any atom is -0.320 e. The second-order valence-corrected chi connectivity index (χ2v) is 3.78. The van der Waals surface area contributed by atoms with Crippen molar-refractivity contribution in [1.82, 2.24) is 4.90 Å². The van der Waals surface area contributed by atoms with Crippen molar-refractivity contribution >= 4 is 11.5 Å². The number of hydrogen-bond donors (Lipinski definition) is 1. The third kappa shape index (κ3) is 2.04. The van der Waals surface area contributed by atoms with Crippen molar-refractivity contribution in [1.29, 1.82) is 0 Å². The average molecular weight is 214 g/mol. The summed E-state index contributed by atoms with van der Waals surface area (Å²) in [6.07, 6.45) is 5.44. The smallest absolute Gasteiger partial charge is 0.247 e. The molecule has 0 saturated heterocycles. The quantitative estimate of drug-likeness (QED) is 0.767. The van der Waals surface area contributed by atoms with Crippen molar-refractivity contribution in [3.63, 3.8) is 0 Å². The molecule has 0 bridgehead atoms. The van der Waals surface area contributed by atoms with Gasteiger partial charge in [-0.05, 0) is 17.2 Å². The summed E-state index contributed by atoms with van der Waals surface area (Å²) in [5.74, 6) is -0.0952. The van der Waals surface area contributed by atoms with Crippen LogP contribution in [-0.4, -0.2) is 23.9 Å². The van der Waals surface area contributed by atoms with E-state index in [9.17, 15) is 4.79 Å². The van der Waals surface area contributed by atoms with Crippen molar-refractivity contribution < 1.29 is 4.79 Å². The molecule has 3 heteroatoms. The van der Waals surface area contributed by atoms with E-state index in [1.807, 2.05) is 36.4 Å². The zero-order valence-corrected chi connectivity index (χ0v) is 9.13. The first-order valence-corrected chi connectivity index (χ1v) is 5.16. The molecule has 0 radical (unpaired) electrons. The molecule has 1 aromatic carbocycles. The normalized spacial score (nSPS) is 20.6. The molecule has 0 aliphatic carbocycles. The largest absolute Gasteiger partial charge is 0.320 e. The molecule has 2 N–H and O–H groups in total. The van der Waals surface area contributed by atoms with E-state index in [4.69, 9.17) is 5.73 Å². The van der Waals surface area contributed by atoms with Crippen LogP contribution in [0.15, 0.2) is 48.7 Å². The van der Waals surface area contributed by atoms with E-state index in [0.29, 0.717) is 0 Å². The summed E-state index contributed by atoms with van der Waals surface area (Å²) in [5.41, 5.74) is 7.83. The molecule has 1 heterocycles. The molecule has 3 nitrogen and oxygen atoms in total. The molecule has 1 aliphatic heterocycles. The van der Waals surface area contributed by atoms with Gasteiger partial charge in [-0.2, -0.15) is 0 Å². The average Bonchev–Trinajstić information content (AvgIpc) is 2.44. The Kier molecular flexibility index (Phi) is 2.88. The molecule has 0 spiro atoms. The van der Waals surface area contributed by atoms with Crippen molar-refractivity contribution in [2.45, 2.75) is 6.04 Å². The number of carbonyl (C=O) groups is 1. The Bertz CT molecular complexity index is 448. The van der Waals surface area contributed by atoms with E-state index >= 15 is 0 Å². The Morgan fingerprint density at radius 2 is 1.94 bits per heavy atom. The summed E-state index contributed by atoms with van der Waals surface area (Å²) in [6.45, 7) is 0. The van der Waals surface area contributed by atoms with Gasteiger partial charge in [-0.15, -0.1) is 0 Å². The Morgan fingerprint density at radius 1 is 1.25 bits per heavy atom. The Labute approximate surface area is 94.9 Å². The summed E-state index contributed by atoms with van der Waals surface area (Å²) in [4.78, 5) is 13.1. The van der Waals surface area contributed by atoms with Crippen molar-refractivity contribution in [3.8, 4) is 0 Å². The van der Waals surface area contributed by atoms with Gasteiger partial charge in [0, 0.05) is 13.2 Å².